The van der Waals surface area contributed by atoms with E-state index in [2.05, 4.69) is 27.8 Å². The second kappa shape index (κ2) is 5.16. The summed E-state index contributed by atoms with van der Waals surface area (Å²) >= 11 is 7.82. The van der Waals surface area contributed by atoms with E-state index < -0.39 is 0 Å². The normalized spacial score (nSPS) is 17.3. The zero-order valence-electron chi connectivity index (χ0n) is 11.2. The highest BCUT2D eigenvalue weighted by molar-refractivity contribution is 7.10. The molecule has 0 amide bonds. The molecule has 0 saturated carbocycles. The van der Waals surface area contributed by atoms with Crippen molar-refractivity contribution in [2.24, 2.45) is 0 Å². The second-order valence-corrected chi connectivity index (χ2v) is 6.38. The highest BCUT2D eigenvalue weighted by atomic mass is 35.5. The summed E-state index contributed by atoms with van der Waals surface area (Å²) in [5.41, 5.74) is 0.941. The molecule has 1 N–H and O–H groups in total. The molecule has 0 fully saturated rings. The third kappa shape index (κ3) is 2.32. The number of hydrogen-bond acceptors (Lipinski definition) is 4. The molecule has 106 valence electrons. The number of hydrogen-bond donors (Lipinski definition) is 1. The number of benzene rings is 1. The summed E-state index contributed by atoms with van der Waals surface area (Å²) in [4.78, 5) is 5.93. The van der Waals surface area contributed by atoms with Gasteiger partial charge in [0.2, 0.25) is 5.95 Å². The monoisotopic (exact) mass is 316 g/mol. The summed E-state index contributed by atoms with van der Waals surface area (Å²) in [6.07, 6.45) is 1.02. The lowest BCUT2D eigenvalue weighted by atomic mass is 10.1. The minimum absolute atomic E-state index is 0.265. The van der Waals surface area contributed by atoms with Gasteiger partial charge in [-0.25, -0.2) is 4.68 Å². The predicted molar refractivity (Wildman–Crippen MR) is 86.0 cm³/mol. The Morgan fingerprint density at radius 2 is 2.24 bits per heavy atom. The number of nitrogens with zero attached hydrogens (tertiary/aromatic N) is 3. The number of fused-ring (bicyclic) bond motifs is 1. The van der Waals surface area contributed by atoms with Gasteiger partial charge in [-0.05, 0) is 30.0 Å². The van der Waals surface area contributed by atoms with Crippen molar-refractivity contribution in [2.75, 3.05) is 11.9 Å². The molecule has 0 spiro atoms. The molecule has 3 aromatic rings. The first-order chi connectivity index (χ1) is 10.3. The van der Waals surface area contributed by atoms with E-state index in [4.69, 9.17) is 16.7 Å². The van der Waals surface area contributed by atoms with Crippen molar-refractivity contribution >= 4 is 28.9 Å². The highest BCUT2D eigenvalue weighted by Gasteiger charge is 2.25. The molecule has 1 aliphatic rings. The minimum Gasteiger partial charge on any atom is -0.354 e. The van der Waals surface area contributed by atoms with Crippen LogP contribution in [-0.2, 0) is 0 Å². The van der Waals surface area contributed by atoms with Gasteiger partial charge in [0.1, 0.15) is 0 Å². The van der Waals surface area contributed by atoms with Crippen molar-refractivity contribution in [1.29, 1.82) is 0 Å². The molecule has 0 aliphatic carbocycles. The number of rotatable bonds is 2. The first-order valence-electron chi connectivity index (χ1n) is 6.81. The molecule has 6 heteroatoms. The van der Waals surface area contributed by atoms with E-state index in [0.29, 0.717) is 10.8 Å². The topological polar surface area (TPSA) is 42.7 Å². The summed E-state index contributed by atoms with van der Waals surface area (Å²) in [6, 6.07) is 12.1. The lowest BCUT2D eigenvalue weighted by Gasteiger charge is -2.23. The fourth-order valence-corrected chi connectivity index (χ4v) is 3.63. The van der Waals surface area contributed by atoms with Gasteiger partial charge in [-0.1, -0.05) is 29.8 Å². The van der Waals surface area contributed by atoms with E-state index in [1.807, 2.05) is 28.9 Å². The Morgan fingerprint density at radius 3 is 3.05 bits per heavy atom. The van der Waals surface area contributed by atoms with Crippen molar-refractivity contribution in [2.45, 2.75) is 12.5 Å². The Bertz CT molecular complexity index is 766. The SMILES string of the molecule is Clc1cccc(-c2nc3n(n2)C(c2cccs2)CCN3)c1. The Kier molecular flexibility index (Phi) is 3.16. The number of nitrogens with one attached hydrogen (secondary N) is 1. The largest absolute Gasteiger partial charge is 0.354 e. The number of thiophene rings is 1. The first kappa shape index (κ1) is 12.9. The molecule has 1 aromatic carbocycles. The van der Waals surface area contributed by atoms with Crippen LogP contribution in [0.2, 0.25) is 5.02 Å². The average Bonchev–Trinajstić information content (AvgIpc) is 3.16. The van der Waals surface area contributed by atoms with E-state index >= 15 is 0 Å². The summed E-state index contributed by atoms with van der Waals surface area (Å²) < 4.78 is 1.99. The van der Waals surface area contributed by atoms with Gasteiger partial charge < -0.3 is 5.32 Å². The van der Waals surface area contributed by atoms with Gasteiger partial charge in [0.15, 0.2) is 5.82 Å². The van der Waals surface area contributed by atoms with Crippen LogP contribution in [0.5, 0.6) is 0 Å². The van der Waals surface area contributed by atoms with Crippen LogP contribution in [0.3, 0.4) is 0 Å². The second-order valence-electron chi connectivity index (χ2n) is 4.96. The number of aromatic nitrogens is 3. The molecule has 4 nitrogen and oxygen atoms in total. The molecule has 0 bridgehead atoms. The van der Waals surface area contributed by atoms with E-state index in [1.54, 1.807) is 11.3 Å². The summed E-state index contributed by atoms with van der Waals surface area (Å²) in [6.45, 7) is 0.913. The minimum atomic E-state index is 0.265. The Balaban J connectivity index is 1.77. The average molecular weight is 317 g/mol. The number of halogens is 1. The molecule has 0 saturated heterocycles. The molecular weight excluding hydrogens is 304 g/mol. The molecule has 1 aliphatic heterocycles. The third-order valence-electron chi connectivity index (χ3n) is 3.58. The molecule has 2 aromatic heterocycles. The Hall–Kier alpha value is -1.85. The molecule has 4 rings (SSSR count). The van der Waals surface area contributed by atoms with Crippen molar-refractivity contribution in [3.63, 3.8) is 0 Å². The third-order valence-corrected chi connectivity index (χ3v) is 4.79. The fraction of sp³-hybridized carbons (Fsp3) is 0.200. The van der Waals surface area contributed by atoms with Gasteiger partial charge in [0, 0.05) is 22.0 Å². The Labute approximate surface area is 131 Å². The van der Waals surface area contributed by atoms with Crippen LogP contribution in [-0.4, -0.2) is 21.3 Å². The predicted octanol–water partition coefficient (Wildman–Crippen LogP) is 4.07. The smallest absolute Gasteiger partial charge is 0.222 e. The first-order valence-corrected chi connectivity index (χ1v) is 8.07. The summed E-state index contributed by atoms with van der Waals surface area (Å²) in [5.74, 6) is 1.54. The van der Waals surface area contributed by atoms with Gasteiger partial charge >= 0.3 is 0 Å². The van der Waals surface area contributed by atoms with E-state index in [-0.39, 0.29) is 6.04 Å². The maximum absolute atomic E-state index is 6.06. The van der Waals surface area contributed by atoms with Crippen LogP contribution in [0.1, 0.15) is 17.3 Å². The Morgan fingerprint density at radius 1 is 1.29 bits per heavy atom. The van der Waals surface area contributed by atoms with Gasteiger partial charge in [-0.3, -0.25) is 0 Å². The fourth-order valence-electron chi connectivity index (χ4n) is 2.60. The molecule has 1 unspecified atom stereocenters. The van der Waals surface area contributed by atoms with Crippen LogP contribution < -0.4 is 5.32 Å². The molecular formula is C15H13ClN4S. The van der Waals surface area contributed by atoms with Gasteiger partial charge in [0.25, 0.3) is 0 Å². The molecule has 0 radical (unpaired) electrons. The van der Waals surface area contributed by atoms with Gasteiger partial charge in [0.05, 0.1) is 6.04 Å². The van der Waals surface area contributed by atoms with E-state index in [0.717, 1.165) is 24.5 Å². The standard InChI is InChI=1S/C15H13ClN4S/c16-11-4-1-3-10(9-11)14-18-15-17-7-6-12(20(15)19-14)13-5-2-8-21-13/h1-5,8-9,12H,6-7H2,(H,17,18,19). The van der Waals surface area contributed by atoms with Crippen LogP contribution in [0.4, 0.5) is 5.95 Å². The van der Waals surface area contributed by atoms with Crippen molar-refractivity contribution in [3.05, 3.63) is 51.7 Å². The quantitative estimate of drug-likeness (QED) is 0.775. The van der Waals surface area contributed by atoms with E-state index in [9.17, 15) is 0 Å². The van der Waals surface area contributed by atoms with Crippen LogP contribution in [0.25, 0.3) is 11.4 Å². The van der Waals surface area contributed by atoms with Crippen LogP contribution >= 0.6 is 22.9 Å². The lowest BCUT2D eigenvalue weighted by Crippen LogP contribution is -2.24. The van der Waals surface area contributed by atoms with Crippen LogP contribution in [0.15, 0.2) is 41.8 Å². The maximum atomic E-state index is 6.06. The van der Waals surface area contributed by atoms with Crippen LogP contribution in [0, 0.1) is 0 Å². The zero-order valence-corrected chi connectivity index (χ0v) is 12.7. The zero-order chi connectivity index (χ0) is 14.2. The molecule has 1 atom stereocenters. The van der Waals surface area contributed by atoms with E-state index in [1.165, 1.54) is 4.88 Å². The summed E-state index contributed by atoms with van der Waals surface area (Å²) in [7, 11) is 0. The van der Waals surface area contributed by atoms with Gasteiger partial charge in [-0.15, -0.1) is 16.4 Å². The molecule has 21 heavy (non-hydrogen) atoms. The van der Waals surface area contributed by atoms with Crippen molar-refractivity contribution < 1.29 is 0 Å². The molecule has 3 heterocycles. The highest BCUT2D eigenvalue weighted by Crippen LogP contribution is 2.32. The number of anilines is 1. The van der Waals surface area contributed by atoms with Crippen molar-refractivity contribution in [3.8, 4) is 11.4 Å². The maximum Gasteiger partial charge on any atom is 0.222 e. The lowest BCUT2D eigenvalue weighted by molar-refractivity contribution is 0.488. The summed E-state index contributed by atoms with van der Waals surface area (Å²) in [5, 5.41) is 10.8. The van der Waals surface area contributed by atoms with Crippen molar-refractivity contribution in [1.82, 2.24) is 14.8 Å². The van der Waals surface area contributed by atoms with Gasteiger partial charge in [-0.2, -0.15) is 4.98 Å².